The van der Waals surface area contributed by atoms with E-state index in [-0.39, 0.29) is 0 Å². The van der Waals surface area contributed by atoms with E-state index in [4.69, 9.17) is 5.26 Å². The molecule has 3 heteroatoms. The largest absolute Gasteiger partial charge is 0.354 e. The zero-order valence-electron chi connectivity index (χ0n) is 11.3. The van der Waals surface area contributed by atoms with E-state index in [1.54, 1.807) is 0 Å². The lowest BCUT2D eigenvalue weighted by molar-refractivity contribution is 0.501. The molecule has 1 aliphatic carbocycles. The molecule has 2 rings (SSSR count). The van der Waals surface area contributed by atoms with Gasteiger partial charge in [0, 0.05) is 31.4 Å². The first-order valence-corrected chi connectivity index (χ1v) is 7.14. The summed E-state index contributed by atoms with van der Waals surface area (Å²) in [4.78, 5) is 0. The molecule has 0 aromatic carbocycles. The average molecular weight is 245 g/mol. The lowest BCUT2D eigenvalue weighted by atomic mass is 10.0. The molecule has 18 heavy (non-hydrogen) atoms. The molecule has 1 aromatic rings. The molecular formula is C15H23N3. The molecule has 0 saturated heterocycles. The van der Waals surface area contributed by atoms with Crippen molar-refractivity contribution in [2.24, 2.45) is 0 Å². The number of hydrogen-bond donors (Lipinski definition) is 1. The van der Waals surface area contributed by atoms with Crippen molar-refractivity contribution in [3.63, 3.8) is 0 Å². The summed E-state index contributed by atoms with van der Waals surface area (Å²) in [7, 11) is 0. The molecule has 1 heterocycles. The minimum absolute atomic E-state index is 0.532. The first-order chi connectivity index (χ1) is 8.85. The van der Waals surface area contributed by atoms with Gasteiger partial charge in [-0.1, -0.05) is 13.3 Å². The fourth-order valence-corrected chi connectivity index (χ4v) is 2.84. The van der Waals surface area contributed by atoms with Gasteiger partial charge in [-0.3, -0.25) is 0 Å². The van der Waals surface area contributed by atoms with Crippen molar-refractivity contribution in [3.05, 3.63) is 23.5 Å². The number of hydrogen-bond acceptors (Lipinski definition) is 2. The van der Waals surface area contributed by atoms with E-state index in [0.717, 1.165) is 19.5 Å². The van der Waals surface area contributed by atoms with Crippen LogP contribution >= 0.6 is 0 Å². The second-order valence-corrected chi connectivity index (χ2v) is 5.09. The van der Waals surface area contributed by atoms with Gasteiger partial charge in [0.2, 0.25) is 0 Å². The summed E-state index contributed by atoms with van der Waals surface area (Å²) in [6, 6.07) is 2.75. The highest BCUT2D eigenvalue weighted by atomic mass is 15.0. The number of rotatable bonds is 5. The van der Waals surface area contributed by atoms with Crippen LogP contribution in [0.25, 0.3) is 0 Å². The molecule has 0 amide bonds. The zero-order chi connectivity index (χ0) is 12.8. The fourth-order valence-electron chi connectivity index (χ4n) is 2.84. The summed E-state index contributed by atoms with van der Waals surface area (Å²) in [6.07, 6.45) is 11.3. The lowest BCUT2D eigenvalue weighted by Crippen LogP contribution is -2.20. The maximum Gasteiger partial charge on any atom is 0.0622 e. The standard InChI is InChI=1S/C15H23N3/c1-2-17-15-8-4-3-7-13-11-18(12-14(13)15)10-6-5-9-16/h11-12,15,17H,2-8,10H2,1H3. The normalized spacial score (nSPS) is 19.0. The molecule has 1 aliphatic rings. The van der Waals surface area contributed by atoms with Crippen LogP contribution < -0.4 is 5.32 Å². The van der Waals surface area contributed by atoms with Gasteiger partial charge in [0.1, 0.15) is 0 Å². The summed E-state index contributed by atoms with van der Waals surface area (Å²) >= 11 is 0. The Balaban J connectivity index is 2.09. The van der Waals surface area contributed by atoms with Crippen LogP contribution in [0.4, 0.5) is 0 Å². The van der Waals surface area contributed by atoms with Crippen LogP contribution in [0.15, 0.2) is 12.4 Å². The topological polar surface area (TPSA) is 40.8 Å². The highest BCUT2D eigenvalue weighted by Gasteiger charge is 2.19. The van der Waals surface area contributed by atoms with Gasteiger partial charge < -0.3 is 9.88 Å². The maximum atomic E-state index is 8.59. The Hall–Kier alpha value is -1.27. The van der Waals surface area contributed by atoms with E-state index in [2.05, 4.69) is 35.3 Å². The van der Waals surface area contributed by atoms with Crippen LogP contribution in [0.3, 0.4) is 0 Å². The van der Waals surface area contributed by atoms with Crippen molar-refractivity contribution < 1.29 is 0 Å². The van der Waals surface area contributed by atoms with Crippen LogP contribution in [0.5, 0.6) is 0 Å². The summed E-state index contributed by atoms with van der Waals surface area (Å²) in [6.45, 7) is 4.18. The van der Waals surface area contributed by atoms with E-state index in [9.17, 15) is 0 Å². The minimum Gasteiger partial charge on any atom is -0.354 e. The summed E-state index contributed by atoms with van der Waals surface area (Å²) < 4.78 is 2.28. The Morgan fingerprint density at radius 1 is 1.44 bits per heavy atom. The Labute approximate surface area is 110 Å². The first-order valence-electron chi connectivity index (χ1n) is 7.14. The molecule has 1 N–H and O–H groups in total. The highest BCUT2D eigenvalue weighted by molar-refractivity contribution is 5.29. The van der Waals surface area contributed by atoms with Crippen LogP contribution in [0, 0.1) is 11.3 Å². The Morgan fingerprint density at radius 2 is 2.33 bits per heavy atom. The van der Waals surface area contributed by atoms with E-state index in [1.165, 1.54) is 36.8 Å². The predicted molar refractivity (Wildman–Crippen MR) is 73.3 cm³/mol. The van der Waals surface area contributed by atoms with Gasteiger partial charge in [0.25, 0.3) is 0 Å². The van der Waals surface area contributed by atoms with Gasteiger partial charge in [-0.2, -0.15) is 5.26 Å². The predicted octanol–water partition coefficient (Wildman–Crippen LogP) is 3.17. The molecule has 0 radical (unpaired) electrons. The Morgan fingerprint density at radius 3 is 3.11 bits per heavy atom. The number of nitrogens with one attached hydrogen (secondary N) is 1. The van der Waals surface area contributed by atoms with Gasteiger partial charge >= 0.3 is 0 Å². The van der Waals surface area contributed by atoms with Crippen molar-refractivity contribution in [2.45, 2.75) is 58.0 Å². The van der Waals surface area contributed by atoms with Crippen molar-refractivity contribution in [1.29, 1.82) is 5.26 Å². The third-order valence-electron chi connectivity index (χ3n) is 3.72. The second kappa shape index (κ2) is 6.61. The quantitative estimate of drug-likeness (QED) is 0.639. The average Bonchev–Trinajstić information content (AvgIpc) is 2.68. The lowest BCUT2D eigenvalue weighted by Gasteiger charge is -2.15. The second-order valence-electron chi connectivity index (χ2n) is 5.09. The van der Waals surface area contributed by atoms with Crippen LogP contribution in [-0.2, 0) is 13.0 Å². The third kappa shape index (κ3) is 3.14. The van der Waals surface area contributed by atoms with Gasteiger partial charge in [0.15, 0.2) is 0 Å². The van der Waals surface area contributed by atoms with Gasteiger partial charge in [-0.25, -0.2) is 0 Å². The number of nitriles is 1. The van der Waals surface area contributed by atoms with Crippen molar-refractivity contribution >= 4 is 0 Å². The molecule has 3 nitrogen and oxygen atoms in total. The molecule has 1 atom stereocenters. The van der Waals surface area contributed by atoms with Crippen molar-refractivity contribution in [3.8, 4) is 6.07 Å². The number of unbranched alkanes of at least 4 members (excludes halogenated alkanes) is 1. The molecule has 0 bridgehead atoms. The Bertz CT molecular complexity index is 414. The zero-order valence-corrected chi connectivity index (χ0v) is 11.3. The number of aromatic nitrogens is 1. The van der Waals surface area contributed by atoms with E-state index < -0.39 is 0 Å². The fraction of sp³-hybridized carbons (Fsp3) is 0.667. The SMILES string of the molecule is CCNC1CCCCc2cn(CCCC#N)cc21. The van der Waals surface area contributed by atoms with Crippen molar-refractivity contribution in [1.82, 2.24) is 9.88 Å². The molecule has 1 aromatic heterocycles. The van der Waals surface area contributed by atoms with Gasteiger partial charge in [0.05, 0.1) is 6.07 Å². The third-order valence-corrected chi connectivity index (χ3v) is 3.72. The number of fused-ring (bicyclic) bond motifs is 1. The number of nitrogens with zero attached hydrogens (tertiary/aromatic N) is 2. The summed E-state index contributed by atoms with van der Waals surface area (Å²) in [5.41, 5.74) is 3.00. The summed E-state index contributed by atoms with van der Waals surface area (Å²) in [5, 5.41) is 12.2. The monoisotopic (exact) mass is 245 g/mol. The molecule has 1 unspecified atom stereocenters. The van der Waals surface area contributed by atoms with E-state index in [1.807, 2.05) is 0 Å². The number of aryl methyl sites for hydroxylation is 2. The molecule has 0 spiro atoms. The van der Waals surface area contributed by atoms with E-state index in [0.29, 0.717) is 12.5 Å². The molecule has 0 aliphatic heterocycles. The molecular weight excluding hydrogens is 222 g/mol. The maximum absolute atomic E-state index is 8.59. The molecule has 0 fully saturated rings. The summed E-state index contributed by atoms with van der Waals surface area (Å²) in [5.74, 6) is 0. The molecule has 98 valence electrons. The molecule has 0 saturated carbocycles. The van der Waals surface area contributed by atoms with Crippen LogP contribution in [-0.4, -0.2) is 11.1 Å². The minimum atomic E-state index is 0.532. The smallest absolute Gasteiger partial charge is 0.0622 e. The van der Waals surface area contributed by atoms with Gasteiger partial charge in [-0.15, -0.1) is 0 Å². The van der Waals surface area contributed by atoms with Gasteiger partial charge in [-0.05, 0) is 43.4 Å². The first kappa shape index (κ1) is 13.2. The van der Waals surface area contributed by atoms with Crippen LogP contribution in [0.1, 0.15) is 56.2 Å². The van der Waals surface area contributed by atoms with E-state index >= 15 is 0 Å². The van der Waals surface area contributed by atoms with Crippen molar-refractivity contribution in [2.75, 3.05) is 6.54 Å². The highest BCUT2D eigenvalue weighted by Crippen LogP contribution is 2.29. The Kier molecular flexibility index (Phi) is 4.83. The van der Waals surface area contributed by atoms with Crippen LogP contribution in [0.2, 0.25) is 0 Å².